The summed E-state index contributed by atoms with van der Waals surface area (Å²) in [7, 11) is 2.99. The molecular weight excluding hydrogens is 600 g/mol. The van der Waals surface area contributed by atoms with Gasteiger partial charge < -0.3 is 39.4 Å². The van der Waals surface area contributed by atoms with Crippen molar-refractivity contribution in [3.05, 3.63) is 107 Å². The molecule has 2 aliphatic rings. The van der Waals surface area contributed by atoms with Crippen LogP contribution in [0.1, 0.15) is 22.3 Å². The lowest BCUT2D eigenvalue weighted by molar-refractivity contribution is -0.141. The van der Waals surface area contributed by atoms with E-state index < -0.39 is 0 Å². The van der Waals surface area contributed by atoms with Gasteiger partial charge in [0.1, 0.15) is 11.5 Å². The predicted octanol–water partition coefficient (Wildman–Crippen LogP) is 5.84. The third kappa shape index (κ3) is 8.89. The number of benzene rings is 4. The Kier molecular flexibility index (Phi) is 11.1. The van der Waals surface area contributed by atoms with Gasteiger partial charge in [-0.15, -0.1) is 0 Å². The monoisotopic (exact) mass is 642 g/mol. The van der Waals surface area contributed by atoms with Crippen LogP contribution in [0.3, 0.4) is 0 Å². The average Bonchev–Trinajstić information content (AvgIpc) is 3.64. The lowest BCUT2D eigenvalue weighted by Crippen LogP contribution is -2.20. The van der Waals surface area contributed by atoms with Crippen LogP contribution in [0.15, 0.2) is 84.9 Å². The topological polar surface area (TPSA) is 135 Å². The molecule has 2 fully saturated rings. The Balaban J connectivity index is 0.000000189. The summed E-state index contributed by atoms with van der Waals surface area (Å²) in [5.74, 6) is 2.02. The van der Waals surface area contributed by atoms with E-state index in [2.05, 4.69) is 0 Å². The number of ether oxygens (including phenoxy) is 4. The first-order valence-corrected chi connectivity index (χ1v) is 15.7. The maximum absolute atomic E-state index is 12.2. The quantitative estimate of drug-likeness (QED) is 0.158. The normalized spacial score (nSPS) is 20.3. The highest BCUT2D eigenvalue weighted by atomic mass is 16.5. The number of phenols is 4. The second-order valence-electron chi connectivity index (χ2n) is 12.2. The zero-order chi connectivity index (χ0) is 33.3. The van der Waals surface area contributed by atoms with E-state index in [0.29, 0.717) is 54.3 Å². The van der Waals surface area contributed by atoms with Gasteiger partial charge in [0.25, 0.3) is 0 Å². The van der Waals surface area contributed by atoms with Crippen molar-refractivity contribution in [2.45, 2.75) is 25.7 Å². The van der Waals surface area contributed by atoms with Crippen LogP contribution in [0.4, 0.5) is 0 Å². The van der Waals surface area contributed by atoms with Crippen LogP contribution < -0.4 is 9.47 Å². The molecule has 0 aromatic heterocycles. The minimum atomic E-state index is -0.274. The van der Waals surface area contributed by atoms with Crippen LogP contribution in [0.5, 0.6) is 34.5 Å². The average molecular weight is 643 g/mol. The SMILES string of the molecule is COc1cc(C[C@H]2COC(=O)[C@@H]2Cc2ccc(O)c(OC)c2)ccc1O.Oc1cccc(C[C@@H]2COC[C@H]2Cc2cccc(O)c2)c1. The number of methoxy groups -OCH3 is 2. The number of hydrogen-bond donors (Lipinski definition) is 4. The molecule has 9 heteroatoms. The van der Waals surface area contributed by atoms with Crippen molar-refractivity contribution in [2.75, 3.05) is 34.0 Å². The number of carbonyl (C=O) groups excluding carboxylic acids is 1. The van der Waals surface area contributed by atoms with E-state index in [0.717, 1.165) is 48.3 Å². The van der Waals surface area contributed by atoms with E-state index in [9.17, 15) is 25.2 Å². The summed E-state index contributed by atoms with van der Waals surface area (Å²) in [4.78, 5) is 12.2. The van der Waals surface area contributed by atoms with Crippen molar-refractivity contribution in [3.8, 4) is 34.5 Å². The molecule has 4 aromatic rings. The maximum atomic E-state index is 12.2. The van der Waals surface area contributed by atoms with Crippen molar-refractivity contribution in [3.63, 3.8) is 0 Å². The van der Waals surface area contributed by atoms with E-state index >= 15 is 0 Å². The van der Waals surface area contributed by atoms with Gasteiger partial charge in [-0.05, 0) is 108 Å². The zero-order valence-corrected chi connectivity index (χ0v) is 26.7. The first kappa shape index (κ1) is 33.5. The molecule has 0 bridgehead atoms. The van der Waals surface area contributed by atoms with Gasteiger partial charge in [0.15, 0.2) is 23.0 Å². The van der Waals surface area contributed by atoms with Crippen molar-refractivity contribution >= 4 is 5.97 Å². The molecule has 4 aromatic carbocycles. The smallest absolute Gasteiger partial charge is 0.309 e. The molecule has 2 heterocycles. The Morgan fingerprint density at radius 3 is 1.55 bits per heavy atom. The molecule has 0 unspecified atom stereocenters. The first-order valence-electron chi connectivity index (χ1n) is 15.7. The van der Waals surface area contributed by atoms with Gasteiger partial charge in [0.05, 0.1) is 40.0 Å². The number of aromatic hydroxyl groups is 4. The molecule has 2 saturated heterocycles. The summed E-state index contributed by atoms with van der Waals surface area (Å²) < 4.78 is 21.2. The lowest BCUT2D eigenvalue weighted by atomic mass is 9.85. The highest BCUT2D eigenvalue weighted by molar-refractivity contribution is 5.75. The number of carbonyl (C=O) groups is 1. The van der Waals surface area contributed by atoms with Crippen molar-refractivity contribution in [2.24, 2.45) is 23.7 Å². The second kappa shape index (κ2) is 15.6. The number of phenolic OH excluding ortho intramolecular Hbond substituents is 4. The van der Waals surface area contributed by atoms with Crippen LogP contribution in [0, 0.1) is 23.7 Å². The zero-order valence-electron chi connectivity index (χ0n) is 26.7. The Morgan fingerprint density at radius 1 is 0.596 bits per heavy atom. The third-order valence-corrected chi connectivity index (χ3v) is 8.90. The van der Waals surface area contributed by atoms with Gasteiger partial charge in [-0.25, -0.2) is 0 Å². The van der Waals surface area contributed by atoms with Gasteiger partial charge in [-0.3, -0.25) is 4.79 Å². The van der Waals surface area contributed by atoms with E-state index in [-0.39, 0.29) is 29.3 Å². The molecule has 248 valence electrons. The second-order valence-corrected chi connectivity index (χ2v) is 12.2. The molecule has 6 rings (SSSR count). The lowest BCUT2D eigenvalue weighted by Gasteiger charge is -2.18. The molecule has 0 amide bonds. The summed E-state index contributed by atoms with van der Waals surface area (Å²) in [6, 6.07) is 25.2. The molecule has 0 aliphatic carbocycles. The predicted molar refractivity (Wildman–Crippen MR) is 176 cm³/mol. The largest absolute Gasteiger partial charge is 0.508 e. The van der Waals surface area contributed by atoms with Crippen LogP contribution in [0.25, 0.3) is 0 Å². The van der Waals surface area contributed by atoms with Crippen molar-refractivity contribution in [1.82, 2.24) is 0 Å². The fraction of sp³-hybridized carbons (Fsp3) is 0.342. The molecule has 47 heavy (non-hydrogen) atoms. The minimum absolute atomic E-state index is 0.0246. The molecule has 0 radical (unpaired) electrons. The molecule has 4 atom stereocenters. The van der Waals surface area contributed by atoms with Crippen LogP contribution in [0.2, 0.25) is 0 Å². The number of esters is 1. The molecule has 9 nitrogen and oxygen atoms in total. The Morgan fingerprint density at radius 2 is 1.06 bits per heavy atom. The van der Waals surface area contributed by atoms with Crippen molar-refractivity contribution < 1.29 is 44.2 Å². The van der Waals surface area contributed by atoms with E-state index in [1.807, 2.05) is 42.5 Å². The standard InChI is InChI=1S/C20H22O6.C18H20O3/c1-24-18-9-12(3-5-16(18)21)7-14-11-26-20(23)15(14)8-13-4-6-17(22)19(10-13)25-2;19-17-5-1-3-13(9-17)7-15-11-21-12-16(15)8-14-4-2-6-18(20)10-14/h3-6,9-10,14-15,21-22H,7-8,11H2,1-2H3;1-6,9-10,15-16,19-20H,7-8,11-12H2/t14-,15+;15-,16-/m01/s1. The molecular formula is C38H42O9. The summed E-state index contributed by atoms with van der Waals surface area (Å²) in [5.41, 5.74) is 4.16. The Labute approximate surface area is 274 Å². The number of hydrogen-bond acceptors (Lipinski definition) is 9. The molecule has 0 spiro atoms. The third-order valence-electron chi connectivity index (χ3n) is 8.90. The van der Waals surface area contributed by atoms with Gasteiger partial charge in [-0.2, -0.15) is 0 Å². The van der Waals surface area contributed by atoms with Crippen LogP contribution in [-0.2, 0) is 40.0 Å². The first-order chi connectivity index (χ1) is 22.7. The van der Waals surface area contributed by atoms with Crippen LogP contribution >= 0.6 is 0 Å². The Hall–Kier alpha value is -4.89. The number of cyclic esters (lactones) is 1. The summed E-state index contributed by atoms with van der Waals surface area (Å²) in [6.45, 7) is 1.89. The summed E-state index contributed by atoms with van der Waals surface area (Å²) >= 11 is 0. The molecule has 4 N–H and O–H groups in total. The van der Waals surface area contributed by atoms with Crippen LogP contribution in [-0.4, -0.2) is 60.4 Å². The highest BCUT2D eigenvalue weighted by Gasteiger charge is 2.37. The van der Waals surface area contributed by atoms with E-state index in [1.165, 1.54) is 14.2 Å². The van der Waals surface area contributed by atoms with E-state index in [4.69, 9.17) is 18.9 Å². The highest BCUT2D eigenvalue weighted by Crippen LogP contribution is 2.34. The summed E-state index contributed by atoms with van der Waals surface area (Å²) in [5, 5.41) is 38.6. The maximum Gasteiger partial charge on any atom is 0.309 e. The minimum Gasteiger partial charge on any atom is -0.508 e. The fourth-order valence-corrected chi connectivity index (χ4v) is 6.38. The van der Waals surface area contributed by atoms with Gasteiger partial charge in [-0.1, -0.05) is 36.4 Å². The number of rotatable bonds is 10. The van der Waals surface area contributed by atoms with E-state index in [1.54, 1.807) is 42.5 Å². The molecule has 0 saturated carbocycles. The summed E-state index contributed by atoms with van der Waals surface area (Å²) in [6.07, 6.45) is 2.98. The Bertz CT molecular complexity index is 1600. The van der Waals surface area contributed by atoms with Gasteiger partial charge in [0, 0.05) is 5.92 Å². The molecule has 2 aliphatic heterocycles. The van der Waals surface area contributed by atoms with Gasteiger partial charge in [0.2, 0.25) is 0 Å². The van der Waals surface area contributed by atoms with Gasteiger partial charge >= 0.3 is 5.97 Å². The fourth-order valence-electron chi connectivity index (χ4n) is 6.38. The van der Waals surface area contributed by atoms with Crippen molar-refractivity contribution in [1.29, 1.82) is 0 Å².